The summed E-state index contributed by atoms with van der Waals surface area (Å²) in [6, 6.07) is 4.02. The van der Waals surface area contributed by atoms with Crippen molar-refractivity contribution in [2.75, 3.05) is 20.3 Å². The van der Waals surface area contributed by atoms with E-state index in [1.165, 1.54) is 12.7 Å². The number of fused-ring (bicyclic) bond motifs is 1. The third-order valence-electron chi connectivity index (χ3n) is 5.56. The van der Waals surface area contributed by atoms with E-state index in [0.717, 1.165) is 42.6 Å². The predicted octanol–water partition coefficient (Wildman–Crippen LogP) is 4.79. The molecule has 3 rings (SSSR count). The number of rotatable bonds is 10. The van der Waals surface area contributed by atoms with Gasteiger partial charge in [-0.25, -0.2) is 4.79 Å². The smallest absolute Gasteiger partial charge is 0.334 e. The Morgan fingerprint density at radius 3 is 2.87 bits per heavy atom. The molecule has 0 atom stereocenters. The van der Waals surface area contributed by atoms with Crippen LogP contribution in [0.4, 0.5) is 0 Å². The number of carbonyl (C=O) groups is 1. The Kier molecular flexibility index (Phi) is 7.93. The van der Waals surface area contributed by atoms with E-state index in [1.807, 2.05) is 19.2 Å². The zero-order valence-electron chi connectivity index (χ0n) is 18.6. The van der Waals surface area contributed by atoms with E-state index in [0.29, 0.717) is 42.9 Å². The van der Waals surface area contributed by atoms with Crippen LogP contribution in [0.3, 0.4) is 0 Å². The third-order valence-corrected chi connectivity index (χ3v) is 5.56. The Morgan fingerprint density at radius 2 is 2.16 bits per heavy atom. The molecule has 0 spiro atoms. The molecule has 0 saturated heterocycles. The van der Waals surface area contributed by atoms with Crippen LogP contribution in [0, 0.1) is 6.92 Å². The Morgan fingerprint density at radius 1 is 1.32 bits per heavy atom. The minimum Gasteiger partial charge on any atom is -0.504 e. The summed E-state index contributed by atoms with van der Waals surface area (Å²) in [6.45, 7) is 4.55. The van der Waals surface area contributed by atoms with E-state index in [1.54, 1.807) is 19.2 Å². The van der Waals surface area contributed by atoms with Gasteiger partial charge in [0.25, 0.3) is 0 Å². The fourth-order valence-corrected chi connectivity index (χ4v) is 3.97. The van der Waals surface area contributed by atoms with Crippen molar-refractivity contribution in [3.8, 4) is 17.2 Å². The average molecular weight is 426 g/mol. The topological polar surface area (TPSA) is 77.9 Å². The van der Waals surface area contributed by atoms with Crippen molar-refractivity contribution < 1.29 is 24.1 Å². The van der Waals surface area contributed by atoms with Gasteiger partial charge in [0.05, 0.1) is 20.3 Å². The van der Waals surface area contributed by atoms with Gasteiger partial charge in [-0.15, -0.1) is 0 Å². The second kappa shape index (κ2) is 10.8. The van der Waals surface area contributed by atoms with Gasteiger partial charge >= 0.3 is 5.97 Å². The molecule has 0 saturated carbocycles. The predicted molar refractivity (Wildman–Crippen MR) is 120 cm³/mol. The van der Waals surface area contributed by atoms with Crippen LogP contribution in [0.5, 0.6) is 17.2 Å². The van der Waals surface area contributed by atoms with E-state index in [2.05, 4.69) is 11.1 Å². The van der Waals surface area contributed by atoms with Gasteiger partial charge in [-0.3, -0.25) is 4.98 Å². The molecular formula is C25H31NO5. The number of aromatic nitrogens is 1. The summed E-state index contributed by atoms with van der Waals surface area (Å²) in [7, 11) is 1.53. The first-order valence-electron chi connectivity index (χ1n) is 10.9. The Balaban J connectivity index is 1.77. The standard InChI is InChI=1S/C25H31NO5/c1-4-30-25(28)19(11-7-5-6-9-18-10-8-13-26-16-18)15-21-17(2)23-20(12-14-31-23)24(29-3)22(21)27/h8,10,13,15-16,27H,4-7,9,11-12,14H2,1-3H3/b19-15+. The molecule has 0 bridgehead atoms. The highest BCUT2D eigenvalue weighted by Gasteiger charge is 2.27. The normalized spacial score (nSPS) is 12.9. The highest BCUT2D eigenvalue weighted by molar-refractivity contribution is 5.95. The van der Waals surface area contributed by atoms with Gasteiger partial charge in [0.1, 0.15) is 5.75 Å². The lowest BCUT2D eigenvalue weighted by Gasteiger charge is -2.16. The molecular weight excluding hydrogens is 394 g/mol. The van der Waals surface area contributed by atoms with Gasteiger partial charge in [-0.05, 0) is 57.2 Å². The fourth-order valence-electron chi connectivity index (χ4n) is 3.97. The van der Waals surface area contributed by atoms with E-state index in [-0.39, 0.29) is 11.7 Å². The van der Waals surface area contributed by atoms with Crippen molar-refractivity contribution in [3.05, 3.63) is 52.4 Å². The molecule has 0 radical (unpaired) electrons. The molecule has 1 N–H and O–H groups in total. The van der Waals surface area contributed by atoms with Crippen molar-refractivity contribution in [1.29, 1.82) is 0 Å². The quantitative estimate of drug-likeness (QED) is 0.335. The number of aryl methyl sites for hydroxylation is 1. The van der Waals surface area contributed by atoms with Crippen LogP contribution in [0.2, 0.25) is 0 Å². The lowest BCUT2D eigenvalue weighted by molar-refractivity contribution is -0.138. The van der Waals surface area contributed by atoms with Gasteiger partial charge in [-0.1, -0.05) is 12.5 Å². The number of phenolic OH excluding ortho intramolecular Hbond substituents is 1. The molecule has 0 unspecified atom stereocenters. The van der Waals surface area contributed by atoms with Crippen LogP contribution in [0.1, 0.15) is 54.9 Å². The number of ether oxygens (including phenoxy) is 3. The van der Waals surface area contributed by atoms with Crippen LogP contribution < -0.4 is 9.47 Å². The molecule has 1 aliphatic heterocycles. The molecule has 0 amide bonds. The summed E-state index contributed by atoms with van der Waals surface area (Å²) >= 11 is 0. The molecule has 1 aromatic carbocycles. The summed E-state index contributed by atoms with van der Waals surface area (Å²) in [5.74, 6) is 0.848. The van der Waals surface area contributed by atoms with Gasteiger partial charge in [-0.2, -0.15) is 0 Å². The van der Waals surface area contributed by atoms with Crippen LogP contribution in [-0.4, -0.2) is 36.4 Å². The van der Waals surface area contributed by atoms with Crippen LogP contribution in [0.15, 0.2) is 30.1 Å². The lowest BCUT2D eigenvalue weighted by atomic mass is 9.96. The number of unbranched alkanes of at least 4 members (excludes halogenated alkanes) is 2. The van der Waals surface area contributed by atoms with Crippen LogP contribution in [0.25, 0.3) is 6.08 Å². The minimum absolute atomic E-state index is 0.0441. The highest BCUT2D eigenvalue weighted by Crippen LogP contribution is 2.46. The molecule has 6 nitrogen and oxygen atoms in total. The first-order chi connectivity index (χ1) is 15.1. The minimum atomic E-state index is -0.353. The van der Waals surface area contributed by atoms with Gasteiger partial charge in [0.2, 0.25) is 0 Å². The van der Waals surface area contributed by atoms with E-state index < -0.39 is 0 Å². The summed E-state index contributed by atoms with van der Waals surface area (Å²) in [5.41, 5.74) is 4.00. The number of esters is 1. The maximum atomic E-state index is 12.6. The number of methoxy groups -OCH3 is 1. The summed E-state index contributed by atoms with van der Waals surface area (Å²) in [6.07, 6.45) is 10.5. The first kappa shape index (κ1) is 22.7. The number of nitrogens with zero attached hydrogens (tertiary/aromatic N) is 1. The highest BCUT2D eigenvalue weighted by atomic mass is 16.5. The molecule has 6 heteroatoms. The maximum absolute atomic E-state index is 12.6. The zero-order valence-corrected chi connectivity index (χ0v) is 18.6. The number of benzene rings is 1. The first-order valence-corrected chi connectivity index (χ1v) is 10.9. The molecule has 0 fully saturated rings. The van der Waals surface area contributed by atoms with Gasteiger partial charge in [0, 0.05) is 41.1 Å². The molecule has 2 aromatic rings. The van der Waals surface area contributed by atoms with Crippen molar-refractivity contribution in [3.63, 3.8) is 0 Å². The number of phenols is 1. The largest absolute Gasteiger partial charge is 0.504 e. The second-order valence-electron chi connectivity index (χ2n) is 7.64. The second-order valence-corrected chi connectivity index (χ2v) is 7.64. The van der Waals surface area contributed by atoms with Crippen molar-refractivity contribution >= 4 is 12.0 Å². The Hall–Kier alpha value is -3.02. The number of aromatic hydroxyl groups is 1. The Bertz CT molecular complexity index is 937. The molecule has 1 aliphatic rings. The number of hydrogen-bond acceptors (Lipinski definition) is 6. The molecule has 166 valence electrons. The molecule has 2 heterocycles. The lowest BCUT2D eigenvalue weighted by Crippen LogP contribution is -2.08. The fraction of sp³-hybridized carbons (Fsp3) is 0.440. The third kappa shape index (κ3) is 5.37. The molecule has 31 heavy (non-hydrogen) atoms. The molecule has 0 aliphatic carbocycles. The monoisotopic (exact) mass is 425 g/mol. The van der Waals surface area contributed by atoms with Gasteiger partial charge < -0.3 is 19.3 Å². The van der Waals surface area contributed by atoms with E-state index in [9.17, 15) is 9.90 Å². The van der Waals surface area contributed by atoms with Crippen molar-refractivity contribution in [1.82, 2.24) is 4.98 Å². The van der Waals surface area contributed by atoms with Crippen molar-refractivity contribution in [2.45, 2.75) is 52.4 Å². The Labute approximate surface area is 183 Å². The van der Waals surface area contributed by atoms with Crippen LogP contribution >= 0.6 is 0 Å². The number of pyridine rings is 1. The summed E-state index contributed by atoms with van der Waals surface area (Å²) in [5, 5.41) is 10.8. The summed E-state index contributed by atoms with van der Waals surface area (Å²) in [4.78, 5) is 16.7. The zero-order chi connectivity index (χ0) is 22.2. The molecule has 1 aromatic heterocycles. The van der Waals surface area contributed by atoms with E-state index >= 15 is 0 Å². The van der Waals surface area contributed by atoms with Crippen LogP contribution in [-0.2, 0) is 22.4 Å². The van der Waals surface area contributed by atoms with Crippen molar-refractivity contribution in [2.24, 2.45) is 0 Å². The SMILES string of the molecule is CCOC(=O)/C(=C/c1c(C)c2c(c(OC)c1O)CCO2)CCCCCc1cccnc1. The summed E-state index contributed by atoms with van der Waals surface area (Å²) < 4.78 is 16.5. The number of hydrogen-bond donors (Lipinski definition) is 1. The maximum Gasteiger partial charge on any atom is 0.334 e. The average Bonchev–Trinajstić information content (AvgIpc) is 3.26. The van der Waals surface area contributed by atoms with Gasteiger partial charge in [0.15, 0.2) is 11.5 Å². The van der Waals surface area contributed by atoms with E-state index in [4.69, 9.17) is 14.2 Å². The number of carbonyl (C=O) groups excluding carboxylic acids is 1.